The van der Waals surface area contributed by atoms with Crippen molar-refractivity contribution in [3.63, 3.8) is 0 Å². The van der Waals surface area contributed by atoms with E-state index >= 15 is 0 Å². The van der Waals surface area contributed by atoms with Crippen molar-refractivity contribution in [2.24, 2.45) is 0 Å². The van der Waals surface area contributed by atoms with E-state index in [1.54, 1.807) is 0 Å². The lowest BCUT2D eigenvalue weighted by Crippen LogP contribution is -2.48. The Morgan fingerprint density at radius 2 is 2.09 bits per heavy atom. The first-order chi connectivity index (χ1) is 4.97. The minimum absolute atomic E-state index is 0.0503. The molecule has 0 aromatic heterocycles. The molecular formula is C7H16BNO2. The molecule has 1 atom stereocenters. The molecule has 1 saturated heterocycles. The Morgan fingerprint density at radius 3 is 2.45 bits per heavy atom. The van der Waals surface area contributed by atoms with Crippen LogP contribution < -0.4 is 5.23 Å². The second-order valence-corrected chi connectivity index (χ2v) is 4.01. The van der Waals surface area contributed by atoms with Gasteiger partial charge in [-0.25, -0.2) is 0 Å². The van der Waals surface area contributed by atoms with Gasteiger partial charge in [0.1, 0.15) is 0 Å². The molecule has 4 heteroatoms. The van der Waals surface area contributed by atoms with E-state index in [9.17, 15) is 0 Å². The Kier molecular flexibility index (Phi) is 2.57. The molecule has 1 fully saturated rings. The number of hydrogen-bond acceptors (Lipinski definition) is 3. The highest BCUT2D eigenvalue weighted by Gasteiger charge is 2.32. The molecule has 0 saturated carbocycles. The lowest BCUT2D eigenvalue weighted by molar-refractivity contribution is 0.251. The van der Waals surface area contributed by atoms with Crippen molar-refractivity contribution in [2.75, 3.05) is 6.61 Å². The third kappa shape index (κ3) is 3.23. The Bertz CT molecular complexity index is 135. The highest BCUT2D eigenvalue weighted by atomic mass is 16.7. The summed E-state index contributed by atoms with van der Waals surface area (Å²) in [5.41, 5.74) is 0.0503. The third-order valence-corrected chi connectivity index (χ3v) is 1.39. The molecule has 0 radical (unpaired) electrons. The highest BCUT2D eigenvalue weighted by molar-refractivity contribution is 6.42. The van der Waals surface area contributed by atoms with Gasteiger partial charge in [-0.1, -0.05) is 0 Å². The zero-order chi connectivity index (χ0) is 8.48. The van der Waals surface area contributed by atoms with Crippen molar-refractivity contribution in [3.05, 3.63) is 0 Å². The quantitative estimate of drug-likeness (QED) is 0.571. The second-order valence-electron chi connectivity index (χ2n) is 4.01. The molecule has 64 valence electrons. The van der Waals surface area contributed by atoms with E-state index in [0.717, 1.165) is 0 Å². The zero-order valence-electron chi connectivity index (χ0n) is 7.68. The van der Waals surface area contributed by atoms with Gasteiger partial charge in [-0.3, -0.25) is 5.23 Å². The van der Waals surface area contributed by atoms with E-state index in [1.807, 2.05) is 6.92 Å². The maximum Gasteiger partial charge on any atom is 0.555 e. The summed E-state index contributed by atoms with van der Waals surface area (Å²) in [6.45, 7) is 8.95. The normalized spacial score (nSPS) is 26.2. The van der Waals surface area contributed by atoms with Crippen LogP contribution in [0.2, 0.25) is 0 Å². The second kappa shape index (κ2) is 3.13. The molecule has 3 nitrogen and oxygen atoms in total. The molecule has 1 aliphatic heterocycles. The van der Waals surface area contributed by atoms with Crippen molar-refractivity contribution in [1.82, 2.24) is 5.23 Å². The van der Waals surface area contributed by atoms with Crippen molar-refractivity contribution >= 4 is 7.25 Å². The summed E-state index contributed by atoms with van der Waals surface area (Å²) in [6.07, 6.45) is 0.217. The van der Waals surface area contributed by atoms with Crippen LogP contribution in [-0.2, 0) is 9.31 Å². The molecule has 0 spiro atoms. The Balaban J connectivity index is 2.29. The average Bonchev–Trinajstić information content (AvgIpc) is 2.10. The predicted octanol–water partition coefficient (Wildman–Crippen LogP) is 0.795. The van der Waals surface area contributed by atoms with Gasteiger partial charge < -0.3 is 9.31 Å². The smallest absolute Gasteiger partial charge is 0.395 e. The highest BCUT2D eigenvalue weighted by Crippen LogP contribution is 2.08. The monoisotopic (exact) mass is 157 g/mol. The van der Waals surface area contributed by atoms with Crippen LogP contribution in [0.15, 0.2) is 0 Å². The average molecular weight is 157 g/mol. The first-order valence-electron chi connectivity index (χ1n) is 4.02. The topological polar surface area (TPSA) is 30.5 Å². The molecule has 1 rings (SSSR count). The predicted molar refractivity (Wildman–Crippen MR) is 45.1 cm³/mol. The van der Waals surface area contributed by atoms with E-state index in [1.165, 1.54) is 0 Å². The molecular weight excluding hydrogens is 141 g/mol. The molecule has 11 heavy (non-hydrogen) atoms. The van der Waals surface area contributed by atoms with Crippen molar-refractivity contribution in [1.29, 1.82) is 0 Å². The maximum absolute atomic E-state index is 5.40. The molecule has 1 unspecified atom stereocenters. The van der Waals surface area contributed by atoms with E-state index in [0.29, 0.717) is 6.61 Å². The van der Waals surface area contributed by atoms with Crippen LogP contribution in [-0.4, -0.2) is 25.5 Å². The van der Waals surface area contributed by atoms with E-state index in [4.69, 9.17) is 9.31 Å². The fourth-order valence-corrected chi connectivity index (χ4v) is 0.942. The summed E-state index contributed by atoms with van der Waals surface area (Å²) in [7, 11) is -0.218. The Morgan fingerprint density at radius 1 is 1.45 bits per heavy atom. The summed E-state index contributed by atoms with van der Waals surface area (Å²) in [5.74, 6) is 0. The molecule has 1 heterocycles. The van der Waals surface area contributed by atoms with Crippen LogP contribution in [0.4, 0.5) is 0 Å². The van der Waals surface area contributed by atoms with Gasteiger partial charge in [0.25, 0.3) is 0 Å². The molecule has 1 N–H and O–H groups in total. The van der Waals surface area contributed by atoms with Crippen LogP contribution in [0.3, 0.4) is 0 Å². The molecule has 0 aromatic rings. The molecule has 0 amide bonds. The van der Waals surface area contributed by atoms with Crippen LogP contribution in [0, 0.1) is 0 Å². The number of nitrogens with one attached hydrogen (secondary N) is 1. The fourth-order valence-electron chi connectivity index (χ4n) is 0.942. The van der Waals surface area contributed by atoms with E-state index < -0.39 is 0 Å². The summed E-state index contributed by atoms with van der Waals surface area (Å²) in [6, 6.07) is 0. The zero-order valence-corrected chi connectivity index (χ0v) is 7.68. The standard InChI is InChI=1S/C7H16BNO2/c1-6-5-10-8(11-6)9-7(2,3)4/h6,9H,5H2,1-4H3. The van der Waals surface area contributed by atoms with Crippen molar-refractivity contribution in [3.8, 4) is 0 Å². The van der Waals surface area contributed by atoms with Crippen molar-refractivity contribution in [2.45, 2.75) is 39.3 Å². The van der Waals surface area contributed by atoms with Gasteiger partial charge in [0.15, 0.2) is 0 Å². The van der Waals surface area contributed by atoms with Crippen molar-refractivity contribution < 1.29 is 9.31 Å². The summed E-state index contributed by atoms with van der Waals surface area (Å²) >= 11 is 0. The molecule has 0 aliphatic carbocycles. The minimum Gasteiger partial charge on any atom is -0.395 e. The van der Waals surface area contributed by atoms with Crippen LogP contribution in [0.1, 0.15) is 27.7 Å². The first-order valence-corrected chi connectivity index (χ1v) is 4.02. The summed E-state index contributed by atoms with van der Waals surface area (Å²) in [4.78, 5) is 0. The third-order valence-electron chi connectivity index (χ3n) is 1.39. The van der Waals surface area contributed by atoms with Crippen LogP contribution >= 0.6 is 0 Å². The van der Waals surface area contributed by atoms with Gasteiger partial charge in [-0.05, 0) is 27.7 Å². The van der Waals surface area contributed by atoms with Crippen LogP contribution in [0.25, 0.3) is 0 Å². The summed E-state index contributed by atoms with van der Waals surface area (Å²) in [5, 5.41) is 3.20. The van der Waals surface area contributed by atoms with Gasteiger partial charge in [-0.15, -0.1) is 0 Å². The minimum atomic E-state index is -0.218. The Hall–Kier alpha value is -0.0551. The van der Waals surface area contributed by atoms with Gasteiger partial charge in [-0.2, -0.15) is 0 Å². The van der Waals surface area contributed by atoms with Gasteiger partial charge >= 0.3 is 7.25 Å². The molecule has 0 aromatic carbocycles. The van der Waals surface area contributed by atoms with E-state index in [2.05, 4.69) is 26.0 Å². The summed E-state index contributed by atoms with van der Waals surface area (Å²) < 4.78 is 10.7. The van der Waals surface area contributed by atoms with E-state index in [-0.39, 0.29) is 18.9 Å². The number of hydrogen-bond donors (Lipinski definition) is 1. The largest absolute Gasteiger partial charge is 0.555 e. The Labute approximate surface area is 68.6 Å². The lowest BCUT2D eigenvalue weighted by atomic mass is 9.99. The van der Waals surface area contributed by atoms with Gasteiger partial charge in [0.05, 0.1) is 12.7 Å². The number of rotatable bonds is 1. The van der Waals surface area contributed by atoms with Crippen LogP contribution in [0.5, 0.6) is 0 Å². The maximum atomic E-state index is 5.40. The molecule has 1 aliphatic rings. The lowest BCUT2D eigenvalue weighted by Gasteiger charge is -2.21. The SMILES string of the molecule is CC1COB(NC(C)(C)C)O1. The fraction of sp³-hybridized carbons (Fsp3) is 1.00. The molecule has 0 bridgehead atoms. The van der Waals surface area contributed by atoms with Gasteiger partial charge in [0, 0.05) is 5.54 Å². The van der Waals surface area contributed by atoms with Gasteiger partial charge in [0.2, 0.25) is 0 Å². The first kappa shape index (κ1) is 9.04.